The molecule has 0 aliphatic rings. The van der Waals surface area contributed by atoms with Crippen molar-refractivity contribution in [3.8, 4) is 22.8 Å². The van der Waals surface area contributed by atoms with Crippen LogP contribution in [0.25, 0.3) is 22.9 Å². The molecular weight excluding hydrogens is 342 g/mol. The predicted octanol–water partition coefficient (Wildman–Crippen LogP) is 2.60. The minimum absolute atomic E-state index is 0.130. The molecule has 0 atom stereocenters. The van der Waals surface area contributed by atoms with Crippen LogP contribution in [0, 0.1) is 0 Å². The SMILES string of the molecule is C=C/C=C\C=C(/N)n1cc(OC)c(=O)c(-c2ccnn2-c2ccccc2)n1. The molecule has 0 saturated heterocycles. The first-order valence-electron chi connectivity index (χ1n) is 8.18. The molecule has 7 heteroatoms. The average Bonchev–Trinajstić information content (AvgIpc) is 3.18. The Bertz CT molecular complexity index is 1060. The second-order valence-corrected chi connectivity index (χ2v) is 5.50. The Morgan fingerprint density at radius 3 is 2.70 bits per heavy atom. The molecule has 0 aliphatic heterocycles. The minimum atomic E-state index is -0.346. The summed E-state index contributed by atoms with van der Waals surface area (Å²) in [6, 6.07) is 11.2. The van der Waals surface area contributed by atoms with Gasteiger partial charge in [-0.25, -0.2) is 9.36 Å². The summed E-state index contributed by atoms with van der Waals surface area (Å²) in [5.41, 5.74) is 7.26. The summed E-state index contributed by atoms with van der Waals surface area (Å²) in [4.78, 5) is 12.8. The van der Waals surface area contributed by atoms with Crippen LogP contribution in [0.1, 0.15) is 0 Å². The van der Waals surface area contributed by atoms with Gasteiger partial charge >= 0.3 is 0 Å². The Morgan fingerprint density at radius 2 is 2.00 bits per heavy atom. The molecule has 2 heterocycles. The Kier molecular flexibility index (Phi) is 5.32. The van der Waals surface area contributed by atoms with Crippen LogP contribution in [0.4, 0.5) is 0 Å². The van der Waals surface area contributed by atoms with E-state index < -0.39 is 0 Å². The molecule has 0 bridgehead atoms. The third kappa shape index (κ3) is 3.72. The summed E-state index contributed by atoms with van der Waals surface area (Å²) in [6.07, 6.45) is 9.80. The van der Waals surface area contributed by atoms with E-state index in [9.17, 15) is 4.79 Å². The van der Waals surface area contributed by atoms with Gasteiger partial charge in [0.15, 0.2) is 11.4 Å². The Hall–Kier alpha value is -3.87. The van der Waals surface area contributed by atoms with Crippen molar-refractivity contribution in [2.45, 2.75) is 0 Å². The molecule has 7 nitrogen and oxygen atoms in total. The van der Waals surface area contributed by atoms with Gasteiger partial charge in [0.05, 0.1) is 30.9 Å². The van der Waals surface area contributed by atoms with Gasteiger partial charge < -0.3 is 10.5 Å². The number of ether oxygens (including phenoxy) is 1. The van der Waals surface area contributed by atoms with E-state index in [0.29, 0.717) is 11.5 Å². The van der Waals surface area contributed by atoms with E-state index in [0.717, 1.165) is 5.69 Å². The fraction of sp³-hybridized carbons (Fsp3) is 0.0500. The summed E-state index contributed by atoms with van der Waals surface area (Å²) in [6.45, 7) is 3.61. The van der Waals surface area contributed by atoms with E-state index in [1.807, 2.05) is 30.3 Å². The van der Waals surface area contributed by atoms with Crippen molar-refractivity contribution in [3.63, 3.8) is 0 Å². The molecule has 0 unspecified atom stereocenters. The summed E-state index contributed by atoms with van der Waals surface area (Å²) < 4.78 is 8.26. The average molecular weight is 361 g/mol. The lowest BCUT2D eigenvalue weighted by atomic mass is 10.2. The third-order valence-electron chi connectivity index (χ3n) is 3.77. The van der Waals surface area contributed by atoms with Crippen LogP contribution in [0.2, 0.25) is 0 Å². The maximum Gasteiger partial charge on any atom is 0.251 e. The monoisotopic (exact) mass is 361 g/mol. The third-order valence-corrected chi connectivity index (χ3v) is 3.77. The van der Waals surface area contributed by atoms with Gasteiger partial charge in [0, 0.05) is 0 Å². The summed E-state index contributed by atoms with van der Waals surface area (Å²) in [5.74, 6) is 0.447. The smallest absolute Gasteiger partial charge is 0.251 e. The van der Waals surface area contributed by atoms with Crippen LogP contribution in [0.3, 0.4) is 0 Å². The highest BCUT2D eigenvalue weighted by atomic mass is 16.5. The molecule has 0 radical (unpaired) electrons. The predicted molar refractivity (Wildman–Crippen MR) is 105 cm³/mol. The summed E-state index contributed by atoms with van der Waals surface area (Å²) in [7, 11) is 1.43. The number of nitrogens with zero attached hydrogens (tertiary/aromatic N) is 4. The second-order valence-electron chi connectivity index (χ2n) is 5.50. The lowest BCUT2D eigenvalue weighted by Crippen LogP contribution is -2.20. The fourth-order valence-corrected chi connectivity index (χ4v) is 2.48. The molecule has 2 aromatic heterocycles. The quantitative estimate of drug-likeness (QED) is 0.682. The fourth-order valence-electron chi connectivity index (χ4n) is 2.48. The zero-order valence-corrected chi connectivity index (χ0v) is 14.8. The van der Waals surface area contributed by atoms with Gasteiger partial charge in [-0.15, -0.1) is 0 Å². The molecule has 0 spiro atoms. The lowest BCUT2D eigenvalue weighted by molar-refractivity contribution is 0.405. The molecule has 0 aliphatic carbocycles. The highest BCUT2D eigenvalue weighted by molar-refractivity contribution is 5.59. The lowest BCUT2D eigenvalue weighted by Gasteiger charge is -2.11. The molecule has 2 N–H and O–H groups in total. The Morgan fingerprint density at radius 1 is 1.22 bits per heavy atom. The van der Waals surface area contributed by atoms with E-state index >= 15 is 0 Å². The van der Waals surface area contributed by atoms with E-state index in [-0.39, 0.29) is 16.9 Å². The van der Waals surface area contributed by atoms with E-state index in [2.05, 4.69) is 16.8 Å². The van der Waals surface area contributed by atoms with E-state index in [4.69, 9.17) is 10.5 Å². The number of rotatable bonds is 6. The zero-order chi connectivity index (χ0) is 19.2. The molecule has 1 aromatic carbocycles. The van der Waals surface area contributed by atoms with Crippen LogP contribution < -0.4 is 15.9 Å². The number of hydrogen-bond acceptors (Lipinski definition) is 5. The van der Waals surface area contributed by atoms with Crippen molar-refractivity contribution in [2.24, 2.45) is 5.73 Å². The number of para-hydroxylation sites is 1. The van der Waals surface area contributed by atoms with Crippen molar-refractivity contribution in [1.29, 1.82) is 0 Å². The van der Waals surface area contributed by atoms with Crippen molar-refractivity contribution in [1.82, 2.24) is 19.6 Å². The summed E-state index contributed by atoms with van der Waals surface area (Å²) in [5, 5.41) is 8.71. The van der Waals surface area contributed by atoms with Gasteiger partial charge in [-0.05, 0) is 24.3 Å². The first kappa shape index (κ1) is 17.9. The van der Waals surface area contributed by atoms with E-state index in [1.165, 1.54) is 18.0 Å². The normalized spacial score (nSPS) is 11.7. The highest BCUT2D eigenvalue weighted by Gasteiger charge is 2.17. The second kappa shape index (κ2) is 8.01. The number of allylic oxidation sites excluding steroid dienone is 4. The Labute approximate surface area is 156 Å². The van der Waals surface area contributed by atoms with Crippen LogP contribution >= 0.6 is 0 Å². The zero-order valence-electron chi connectivity index (χ0n) is 14.8. The van der Waals surface area contributed by atoms with Gasteiger partial charge in [0.25, 0.3) is 5.43 Å². The van der Waals surface area contributed by atoms with Gasteiger partial charge in [-0.3, -0.25) is 4.79 Å². The molecule has 0 amide bonds. The standard InChI is InChI=1S/C20H19N5O2/c1-3-4-6-11-18(21)24-14-17(27-2)20(26)19(23-24)16-12-13-22-25(16)15-9-7-5-8-10-15/h3-14H,1,21H2,2H3/b6-4-,18-11+. The molecule has 0 fully saturated rings. The van der Waals surface area contributed by atoms with Gasteiger partial charge in [-0.1, -0.05) is 43.0 Å². The van der Waals surface area contributed by atoms with Crippen molar-refractivity contribution in [2.75, 3.05) is 7.11 Å². The largest absolute Gasteiger partial charge is 0.491 e. The number of methoxy groups -OCH3 is 1. The number of aromatic nitrogens is 4. The minimum Gasteiger partial charge on any atom is -0.491 e. The number of benzene rings is 1. The van der Waals surface area contributed by atoms with Gasteiger partial charge in [-0.2, -0.15) is 10.2 Å². The molecular formula is C20H19N5O2. The van der Waals surface area contributed by atoms with Crippen molar-refractivity contribution < 1.29 is 4.74 Å². The summed E-state index contributed by atoms with van der Waals surface area (Å²) >= 11 is 0. The number of hydrogen-bond donors (Lipinski definition) is 1. The van der Waals surface area contributed by atoms with Crippen LogP contribution in [-0.4, -0.2) is 26.7 Å². The maximum absolute atomic E-state index is 12.8. The van der Waals surface area contributed by atoms with Crippen molar-refractivity contribution >= 4 is 5.82 Å². The highest BCUT2D eigenvalue weighted by Crippen LogP contribution is 2.20. The maximum atomic E-state index is 12.8. The first-order valence-corrected chi connectivity index (χ1v) is 8.18. The van der Waals surface area contributed by atoms with Crippen LogP contribution in [0.5, 0.6) is 5.75 Å². The number of nitrogens with two attached hydrogens (primary N) is 1. The van der Waals surface area contributed by atoms with Crippen molar-refractivity contribution in [3.05, 3.63) is 89.9 Å². The Balaban J connectivity index is 2.17. The van der Waals surface area contributed by atoms with Gasteiger partial charge in [0.2, 0.25) is 0 Å². The van der Waals surface area contributed by atoms with Crippen LogP contribution in [-0.2, 0) is 0 Å². The molecule has 3 aromatic rings. The molecule has 136 valence electrons. The molecule has 27 heavy (non-hydrogen) atoms. The van der Waals surface area contributed by atoms with Crippen LogP contribution in [0.15, 0.2) is 84.5 Å². The first-order chi connectivity index (χ1) is 13.2. The topological polar surface area (TPSA) is 88.0 Å². The molecule has 0 saturated carbocycles. The van der Waals surface area contributed by atoms with E-state index in [1.54, 1.807) is 41.2 Å². The molecule has 3 rings (SSSR count). The van der Waals surface area contributed by atoms with Gasteiger partial charge in [0.1, 0.15) is 5.82 Å².